The maximum Gasteiger partial charge on any atom is 0.260 e. The topological polar surface area (TPSA) is 64.9 Å². The number of nitrogens with zero attached hydrogens (tertiary/aromatic N) is 2. The van der Waals surface area contributed by atoms with Crippen molar-refractivity contribution in [1.82, 2.24) is 10.1 Å². The fourth-order valence-electron chi connectivity index (χ4n) is 1.75. The molecule has 0 aliphatic rings. The highest BCUT2D eigenvalue weighted by atomic mass is 16.5. The Bertz CT molecular complexity index is 532. The van der Waals surface area contributed by atoms with Gasteiger partial charge in [0.2, 0.25) is 0 Å². The maximum absolute atomic E-state index is 6.02. The predicted octanol–water partition coefficient (Wildman–Crippen LogP) is 3.22. The molecule has 0 spiro atoms. The second-order valence-electron chi connectivity index (χ2n) is 4.98. The number of aryl methyl sites for hydroxylation is 2. The third kappa shape index (κ3) is 2.70. The third-order valence-corrected chi connectivity index (χ3v) is 2.97. The van der Waals surface area contributed by atoms with Crippen LogP contribution in [0.15, 0.2) is 22.7 Å². The van der Waals surface area contributed by atoms with E-state index in [2.05, 4.69) is 24.0 Å². The summed E-state index contributed by atoms with van der Waals surface area (Å²) < 4.78 is 5.28. The lowest BCUT2D eigenvalue weighted by Crippen LogP contribution is -1.95. The van der Waals surface area contributed by atoms with Crippen LogP contribution >= 0.6 is 0 Å². The lowest BCUT2D eigenvalue weighted by atomic mass is 10.1. The molecule has 1 aromatic heterocycles. The first-order chi connectivity index (χ1) is 8.58. The van der Waals surface area contributed by atoms with E-state index in [4.69, 9.17) is 10.3 Å². The van der Waals surface area contributed by atoms with E-state index in [-0.39, 0.29) is 0 Å². The Morgan fingerprint density at radius 2 is 2.11 bits per heavy atom. The normalized spacial score (nSPS) is 11.1. The van der Waals surface area contributed by atoms with Gasteiger partial charge >= 0.3 is 0 Å². The summed E-state index contributed by atoms with van der Waals surface area (Å²) in [6.45, 7) is 6.33. The maximum atomic E-state index is 6.02. The molecule has 0 fully saturated rings. The van der Waals surface area contributed by atoms with Crippen molar-refractivity contribution >= 4 is 5.69 Å². The molecule has 1 heterocycles. The van der Waals surface area contributed by atoms with Crippen LogP contribution in [0.2, 0.25) is 0 Å². The summed E-state index contributed by atoms with van der Waals surface area (Å²) in [5.74, 6) is 1.89. The number of anilines is 1. The Labute approximate surface area is 107 Å². The van der Waals surface area contributed by atoms with E-state index >= 15 is 0 Å². The van der Waals surface area contributed by atoms with Crippen LogP contribution in [0.3, 0.4) is 0 Å². The van der Waals surface area contributed by atoms with Crippen molar-refractivity contribution in [3.63, 3.8) is 0 Å². The van der Waals surface area contributed by atoms with Gasteiger partial charge in [-0.05, 0) is 30.9 Å². The molecule has 0 amide bonds. The molecule has 2 rings (SSSR count). The molecule has 0 aliphatic carbocycles. The lowest BCUT2D eigenvalue weighted by molar-refractivity contribution is 0.419. The molecule has 0 atom stereocenters. The van der Waals surface area contributed by atoms with Crippen LogP contribution in [-0.4, -0.2) is 10.1 Å². The third-order valence-electron chi connectivity index (χ3n) is 2.97. The van der Waals surface area contributed by atoms with Crippen LogP contribution in [0.5, 0.6) is 0 Å². The summed E-state index contributed by atoms with van der Waals surface area (Å²) in [5, 5.41) is 3.99. The van der Waals surface area contributed by atoms with E-state index in [1.54, 1.807) is 0 Å². The van der Waals surface area contributed by atoms with Crippen LogP contribution in [-0.2, 0) is 6.42 Å². The van der Waals surface area contributed by atoms with Gasteiger partial charge in [-0.1, -0.05) is 31.1 Å². The van der Waals surface area contributed by atoms with Gasteiger partial charge in [-0.25, -0.2) is 0 Å². The highest BCUT2D eigenvalue weighted by Gasteiger charge is 2.12. The van der Waals surface area contributed by atoms with E-state index in [1.807, 2.05) is 25.1 Å². The Hall–Kier alpha value is -1.84. The smallest absolute Gasteiger partial charge is 0.260 e. The van der Waals surface area contributed by atoms with Crippen LogP contribution in [0.1, 0.15) is 31.7 Å². The average molecular weight is 245 g/mol. The monoisotopic (exact) mass is 245 g/mol. The first kappa shape index (κ1) is 12.6. The molecule has 2 aromatic rings. The molecule has 0 radical (unpaired) electrons. The van der Waals surface area contributed by atoms with Crippen LogP contribution in [0.25, 0.3) is 11.5 Å². The van der Waals surface area contributed by atoms with E-state index in [0.29, 0.717) is 17.5 Å². The van der Waals surface area contributed by atoms with Gasteiger partial charge in [0, 0.05) is 12.1 Å². The summed E-state index contributed by atoms with van der Waals surface area (Å²) in [7, 11) is 0. The van der Waals surface area contributed by atoms with Crippen molar-refractivity contribution < 1.29 is 4.52 Å². The minimum Gasteiger partial charge on any atom is -0.398 e. The lowest BCUT2D eigenvalue weighted by Gasteiger charge is -2.03. The SMILES string of the molecule is Cc1cccc(-c2nc(CCC(C)C)no2)c1N. The molecule has 0 unspecified atom stereocenters. The molecule has 0 aliphatic heterocycles. The highest BCUT2D eigenvalue weighted by molar-refractivity contribution is 5.72. The average Bonchev–Trinajstić information content (AvgIpc) is 2.78. The second kappa shape index (κ2) is 5.21. The summed E-state index contributed by atoms with van der Waals surface area (Å²) in [4.78, 5) is 4.40. The van der Waals surface area contributed by atoms with Crippen molar-refractivity contribution in [2.24, 2.45) is 5.92 Å². The minimum absolute atomic E-state index is 0.509. The molecule has 18 heavy (non-hydrogen) atoms. The highest BCUT2D eigenvalue weighted by Crippen LogP contribution is 2.26. The Balaban J connectivity index is 2.21. The van der Waals surface area contributed by atoms with Crippen molar-refractivity contribution in [2.45, 2.75) is 33.6 Å². The second-order valence-corrected chi connectivity index (χ2v) is 4.98. The fourth-order valence-corrected chi connectivity index (χ4v) is 1.75. The van der Waals surface area contributed by atoms with E-state index in [0.717, 1.165) is 29.8 Å². The Morgan fingerprint density at radius 3 is 2.83 bits per heavy atom. The van der Waals surface area contributed by atoms with Gasteiger partial charge in [-0.3, -0.25) is 0 Å². The number of rotatable bonds is 4. The number of nitrogen functional groups attached to an aromatic ring is 1. The first-order valence-electron chi connectivity index (χ1n) is 6.26. The molecule has 0 saturated carbocycles. The van der Waals surface area contributed by atoms with E-state index in [9.17, 15) is 0 Å². The standard InChI is InChI=1S/C14H19N3O/c1-9(2)7-8-12-16-14(18-17-12)11-6-4-5-10(3)13(11)15/h4-6,9H,7-8,15H2,1-3H3. The number of hydrogen-bond acceptors (Lipinski definition) is 4. The molecule has 96 valence electrons. The molecular formula is C14H19N3O. The predicted molar refractivity (Wildman–Crippen MR) is 72.0 cm³/mol. The van der Waals surface area contributed by atoms with Gasteiger partial charge in [0.05, 0.1) is 5.56 Å². The van der Waals surface area contributed by atoms with Gasteiger partial charge in [0.25, 0.3) is 5.89 Å². The fraction of sp³-hybridized carbons (Fsp3) is 0.429. The summed E-state index contributed by atoms with van der Waals surface area (Å²) >= 11 is 0. The number of nitrogens with two attached hydrogens (primary N) is 1. The zero-order valence-electron chi connectivity index (χ0n) is 11.1. The van der Waals surface area contributed by atoms with Gasteiger partial charge in [-0.15, -0.1) is 0 Å². The van der Waals surface area contributed by atoms with Gasteiger partial charge in [-0.2, -0.15) is 4.98 Å². The quantitative estimate of drug-likeness (QED) is 0.840. The Kier molecular flexibility index (Phi) is 3.65. The Morgan fingerprint density at radius 1 is 1.33 bits per heavy atom. The van der Waals surface area contributed by atoms with Gasteiger partial charge in [0.1, 0.15) is 0 Å². The van der Waals surface area contributed by atoms with Gasteiger partial charge in [0.15, 0.2) is 5.82 Å². The first-order valence-corrected chi connectivity index (χ1v) is 6.26. The summed E-state index contributed by atoms with van der Waals surface area (Å²) in [6.07, 6.45) is 1.90. The van der Waals surface area contributed by atoms with Crippen molar-refractivity contribution in [1.29, 1.82) is 0 Å². The van der Waals surface area contributed by atoms with Crippen LogP contribution in [0.4, 0.5) is 5.69 Å². The molecule has 2 N–H and O–H groups in total. The molecule has 0 bridgehead atoms. The van der Waals surface area contributed by atoms with E-state index in [1.165, 1.54) is 0 Å². The number of benzene rings is 1. The van der Waals surface area contributed by atoms with E-state index < -0.39 is 0 Å². The van der Waals surface area contributed by atoms with Crippen LogP contribution < -0.4 is 5.73 Å². The number of hydrogen-bond donors (Lipinski definition) is 1. The number of aromatic nitrogens is 2. The van der Waals surface area contributed by atoms with Crippen molar-refractivity contribution in [2.75, 3.05) is 5.73 Å². The molecular weight excluding hydrogens is 226 g/mol. The van der Waals surface area contributed by atoms with Crippen LogP contribution in [0, 0.1) is 12.8 Å². The number of para-hydroxylation sites is 1. The zero-order valence-corrected chi connectivity index (χ0v) is 11.1. The van der Waals surface area contributed by atoms with Crippen molar-refractivity contribution in [3.05, 3.63) is 29.6 Å². The molecule has 4 heteroatoms. The molecule has 0 saturated heterocycles. The van der Waals surface area contributed by atoms with Crippen molar-refractivity contribution in [3.8, 4) is 11.5 Å². The zero-order chi connectivity index (χ0) is 13.1. The molecule has 4 nitrogen and oxygen atoms in total. The molecule has 1 aromatic carbocycles. The summed E-state index contributed by atoms with van der Waals surface area (Å²) in [5.41, 5.74) is 8.56. The van der Waals surface area contributed by atoms with Gasteiger partial charge < -0.3 is 10.3 Å². The summed E-state index contributed by atoms with van der Waals surface area (Å²) in [6, 6.07) is 5.82. The largest absolute Gasteiger partial charge is 0.398 e. The minimum atomic E-state index is 0.509.